The summed E-state index contributed by atoms with van der Waals surface area (Å²) in [5.74, 6) is 0.588. The predicted octanol–water partition coefficient (Wildman–Crippen LogP) is 4.21. The first-order valence-electron chi connectivity index (χ1n) is 11.6. The molecule has 7 nitrogen and oxygen atoms in total. The molecule has 0 amide bonds. The molecule has 4 rings (SSSR count). The number of fused-ring (bicyclic) bond motifs is 1. The third-order valence-electron chi connectivity index (χ3n) is 5.65. The van der Waals surface area contributed by atoms with Crippen LogP contribution in [0.2, 0.25) is 0 Å². The molecule has 1 aliphatic heterocycles. The van der Waals surface area contributed by atoms with E-state index in [4.69, 9.17) is 14.2 Å². The van der Waals surface area contributed by atoms with Gasteiger partial charge < -0.3 is 14.2 Å². The number of ether oxygens (including phenoxy) is 3. The second-order valence-corrected chi connectivity index (χ2v) is 10.1. The van der Waals surface area contributed by atoms with Crippen molar-refractivity contribution in [2.45, 2.75) is 32.7 Å². The molecule has 0 saturated carbocycles. The number of unbranched alkanes of at least 4 members (excludes halogenated alkanes) is 1. The number of carbonyl (C=O) groups is 1. The van der Waals surface area contributed by atoms with E-state index in [-0.39, 0.29) is 12.2 Å². The van der Waals surface area contributed by atoms with E-state index in [0.29, 0.717) is 44.3 Å². The van der Waals surface area contributed by atoms with Crippen LogP contribution in [0.1, 0.15) is 43.2 Å². The summed E-state index contributed by atoms with van der Waals surface area (Å²) < 4.78 is 19.0. The molecule has 1 atom stereocenters. The molecular weight excluding hydrogens is 496 g/mol. The Morgan fingerprint density at radius 2 is 2.11 bits per heavy atom. The van der Waals surface area contributed by atoms with Crippen LogP contribution in [0.4, 0.5) is 0 Å². The Bertz CT molecular complexity index is 1460. The van der Waals surface area contributed by atoms with Crippen molar-refractivity contribution < 1.29 is 19.0 Å². The number of rotatable bonds is 10. The van der Waals surface area contributed by atoms with Crippen molar-refractivity contribution in [2.24, 2.45) is 4.99 Å². The highest BCUT2D eigenvalue weighted by Gasteiger charge is 2.34. The summed E-state index contributed by atoms with van der Waals surface area (Å²) in [6, 6.07) is 8.62. The van der Waals surface area contributed by atoms with Gasteiger partial charge in [-0.3, -0.25) is 9.36 Å². The first-order chi connectivity index (χ1) is 17.5. The summed E-state index contributed by atoms with van der Waals surface area (Å²) in [4.78, 5) is 32.9. The quantitative estimate of drug-likeness (QED) is 0.226. The number of methoxy groups -OCH3 is 1. The number of carbonyl (C=O) groups excluding carboxylic acids is 1. The highest BCUT2D eigenvalue weighted by Crippen LogP contribution is 2.36. The van der Waals surface area contributed by atoms with Gasteiger partial charge >= 0.3 is 5.97 Å². The fraction of sp³-hybridized carbons (Fsp3) is 0.296. The van der Waals surface area contributed by atoms with Crippen LogP contribution in [-0.2, 0) is 9.53 Å². The summed E-state index contributed by atoms with van der Waals surface area (Å²) >= 11 is 2.84. The van der Waals surface area contributed by atoms with Gasteiger partial charge in [0.1, 0.15) is 6.61 Å². The fourth-order valence-electron chi connectivity index (χ4n) is 3.91. The lowest BCUT2D eigenvalue weighted by molar-refractivity contribution is -0.138. The summed E-state index contributed by atoms with van der Waals surface area (Å²) in [7, 11) is 1.57. The van der Waals surface area contributed by atoms with E-state index in [1.54, 1.807) is 29.9 Å². The normalized spacial score (nSPS) is 15.3. The average Bonchev–Trinajstić information content (AvgIpc) is 3.50. The molecule has 0 saturated heterocycles. The second-order valence-electron chi connectivity index (χ2n) is 8.10. The van der Waals surface area contributed by atoms with Gasteiger partial charge in [-0.05, 0) is 48.6 Å². The highest BCUT2D eigenvalue weighted by atomic mass is 32.1. The van der Waals surface area contributed by atoms with E-state index >= 15 is 0 Å². The van der Waals surface area contributed by atoms with Crippen LogP contribution in [0.5, 0.6) is 11.5 Å². The van der Waals surface area contributed by atoms with Gasteiger partial charge in [-0.25, -0.2) is 9.79 Å². The molecule has 36 heavy (non-hydrogen) atoms. The molecule has 0 spiro atoms. The fourth-order valence-corrected chi connectivity index (χ4v) is 5.68. The van der Waals surface area contributed by atoms with Crippen LogP contribution >= 0.6 is 22.7 Å². The largest absolute Gasteiger partial charge is 0.493 e. The van der Waals surface area contributed by atoms with Gasteiger partial charge in [0.15, 0.2) is 16.3 Å². The molecule has 2 aromatic heterocycles. The molecule has 0 radical (unpaired) electrons. The van der Waals surface area contributed by atoms with Crippen LogP contribution in [0.15, 0.2) is 69.4 Å². The van der Waals surface area contributed by atoms with Crippen LogP contribution in [0.25, 0.3) is 6.08 Å². The third kappa shape index (κ3) is 5.22. The minimum atomic E-state index is -0.734. The Kier molecular flexibility index (Phi) is 8.22. The van der Waals surface area contributed by atoms with Gasteiger partial charge in [-0.2, -0.15) is 0 Å². The van der Waals surface area contributed by atoms with E-state index in [9.17, 15) is 9.59 Å². The molecule has 0 aliphatic carbocycles. The van der Waals surface area contributed by atoms with Gasteiger partial charge in [0.2, 0.25) is 0 Å². The Balaban J connectivity index is 1.88. The van der Waals surface area contributed by atoms with Crippen molar-refractivity contribution in [1.29, 1.82) is 0 Å². The van der Waals surface area contributed by atoms with Gasteiger partial charge in [-0.1, -0.05) is 49.5 Å². The molecule has 9 heteroatoms. The Labute approximate surface area is 217 Å². The summed E-state index contributed by atoms with van der Waals surface area (Å²) in [5.41, 5.74) is 1.27. The zero-order valence-electron chi connectivity index (χ0n) is 20.5. The third-order valence-corrected chi connectivity index (χ3v) is 7.45. The first kappa shape index (κ1) is 25.7. The van der Waals surface area contributed by atoms with Gasteiger partial charge in [0.05, 0.1) is 35.6 Å². The van der Waals surface area contributed by atoms with Crippen molar-refractivity contribution in [1.82, 2.24) is 4.57 Å². The number of benzene rings is 1. The number of allylic oxidation sites excluding steroid dienone is 1. The van der Waals surface area contributed by atoms with Crippen molar-refractivity contribution in [2.75, 3.05) is 20.3 Å². The monoisotopic (exact) mass is 524 g/mol. The lowest BCUT2D eigenvalue weighted by atomic mass is 9.95. The highest BCUT2D eigenvalue weighted by molar-refractivity contribution is 7.11. The molecule has 0 bridgehead atoms. The second kappa shape index (κ2) is 11.5. The minimum Gasteiger partial charge on any atom is -0.493 e. The molecule has 1 aromatic carbocycles. The van der Waals surface area contributed by atoms with E-state index in [1.165, 1.54) is 17.4 Å². The van der Waals surface area contributed by atoms with Gasteiger partial charge in [-0.15, -0.1) is 11.3 Å². The van der Waals surface area contributed by atoms with E-state index in [1.807, 2.05) is 41.8 Å². The van der Waals surface area contributed by atoms with Gasteiger partial charge in [0.25, 0.3) is 5.56 Å². The standard InChI is InChI=1S/C27H28N2O5S2/c1-5-7-13-33-20-11-10-18(15-21(20)32-4)24-23(26(31)34-12-6-2)17(3)28-27-29(24)25(30)22(36-27)16-19-9-8-14-35-19/h6,8-11,14-16,24H,2,5,7,12-13H2,1,3-4H3/b22-16-. The van der Waals surface area contributed by atoms with Crippen molar-refractivity contribution in [3.63, 3.8) is 0 Å². The molecule has 0 N–H and O–H groups in total. The number of aromatic nitrogens is 1. The van der Waals surface area contributed by atoms with E-state index in [0.717, 1.165) is 17.7 Å². The Morgan fingerprint density at radius 1 is 1.28 bits per heavy atom. The van der Waals surface area contributed by atoms with E-state index < -0.39 is 12.0 Å². The smallest absolute Gasteiger partial charge is 0.338 e. The molecule has 3 heterocycles. The van der Waals surface area contributed by atoms with Gasteiger partial charge in [0, 0.05) is 4.88 Å². The van der Waals surface area contributed by atoms with Crippen LogP contribution in [0, 0.1) is 0 Å². The molecule has 1 aliphatic rings. The number of nitrogens with zero attached hydrogens (tertiary/aromatic N) is 2. The number of thiophene rings is 1. The number of esters is 1. The average molecular weight is 525 g/mol. The maximum atomic E-state index is 13.6. The Morgan fingerprint density at radius 3 is 2.81 bits per heavy atom. The predicted molar refractivity (Wildman–Crippen MR) is 143 cm³/mol. The maximum absolute atomic E-state index is 13.6. The summed E-state index contributed by atoms with van der Waals surface area (Å²) in [5, 5.41) is 1.96. The molecule has 188 valence electrons. The van der Waals surface area contributed by atoms with Crippen molar-refractivity contribution >= 4 is 34.7 Å². The zero-order valence-corrected chi connectivity index (χ0v) is 22.1. The lowest BCUT2D eigenvalue weighted by Gasteiger charge is -2.25. The molecule has 3 aromatic rings. The Hall–Kier alpha value is -3.43. The SMILES string of the molecule is C=CCOC(=O)C1=C(C)N=c2s/c(=C\c3cccs3)c(=O)n2C1c1ccc(OCCCC)c(OC)c1. The molecule has 0 fully saturated rings. The topological polar surface area (TPSA) is 79.1 Å². The van der Waals surface area contributed by atoms with Crippen molar-refractivity contribution in [3.05, 3.63) is 89.8 Å². The van der Waals surface area contributed by atoms with Crippen molar-refractivity contribution in [3.8, 4) is 11.5 Å². The van der Waals surface area contributed by atoms with Crippen LogP contribution < -0.4 is 24.4 Å². The van der Waals surface area contributed by atoms with E-state index in [2.05, 4.69) is 18.5 Å². The zero-order chi connectivity index (χ0) is 25.7. The first-order valence-corrected chi connectivity index (χ1v) is 13.3. The molecule has 1 unspecified atom stereocenters. The molecular formula is C27H28N2O5S2. The summed E-state index contributed by atoms with van der Waals surface area (Å²) in [6.07, 6.45) is 5.30. The van der Waals surface area contributed by atoms with Crippen LogP contribution in [-0.4, -0.2) is 30.9 Å². The maximum Gasteiger partial charge on any atom is 0.338 e. The number of thiazole rings is 1. The van der Waals surface area contributed by atoms with Crippen LogP contribution in [0.3, 0.4) is 0 Å². The minimum absolute atomic E-state index is 0.0542. The number of hydrogen-bond donors (Lipinski definition) is 0. The lowest BCUT2D eigenvalue weighted by Crippen LogP contribution is -2.40. The number of hydrogen-bond acceptors (Lipinski definition) is 8. The summed E-state index contributed by atoms with van der Waals surface area (Å²) in [6.45, 7) is 8.10.